The lowest BCUT2D eigenvalue weighted by atomic mass is 9.90. The van der Waals surface area contributed by atoms with Crippen LogP contribution < -0.4 is 0 Å². The number of ether oxygens (including phenoxy) is 3. The Morgan fingerprint density at radius 3 is 2.23 bits per heavy atom. The molecule has 1 aliphatic heterocycles. The highest BCUT2D eigenvalue weighted by molar-refractivity contribution is 5.14. The number of rotatable bonds is 9. The summed E-state index contributed by atoms with van der Waals surface area (Å²) in [7, 11) is 0. The monoisotopic (exact) mass is 424 g/mol. The first kappa shape index (κ1) is 23.7. The summed E-state index contributed by atoms with van der Waals surface area (Å²) >= 11 is 0. The van der Waals surface area contributed by atoms with Crippen molar-refractivity contribution in [1.82, 2.24) is 0 Å². The molecule has 4 heteroatoms. The minimum atomic E-state index is -0.488. The first-order valence-electron chi connectivity index (χ1n) is 11.4. The number of aliphatic hydroxyl groups is 1. The Morgan fingerprint density at radius 1 is 0.935 bits per heavy atom. The molecule has 1 fully saturated rings. The molecule has 1 heterocycles. The number of hydrogen-bond donors (Lipinski definition) is 1. The number of hydrogen-bond acceptors (Lipinski definition) is 4. The highest BCUT2D eigenvalue weighted by Crippen LogP contribution is 2.28. The van der Waals surface area contributed by atoms with Gasteiger partial charge in [0.2, 0.25) is 0 Å². The molecular formula is C27H36O4. The average Bonchev–Trinajstić information content (AvgIpc) is 2.79. The number of allylic oxidation sites excluding steroid dienone is 1. The van der Waals surface area contributed by atoms with Crippen molar-refractivity contribution in [2.75, 3.05) is 6.61 Å². The molecule has 0 amide bonds. The molecule has 5 atom stereocenters. The molecule has 2 aromatic rings. The molecule has 0 bridgehead atoms. The SMILES string of the molecule is C/C=C/C[C@H]1O[C@@H](COCc2ccccc2)[C@H](OCc2ccccc2)C[C@H](C)C[C@@H]1O. The Bertz CT molecular complexity index is 761. The topological polar surface area (TPSA) is 47.9 Å². The molecule has 1 saturated heterocycles. The molecule has 0 radical (unpaired) electrons. The van der Waals surface area contributed by atoms with E-state index in [4.69, 9.17) is 14.2 Å². The van der Waals surface area contributed by atoms with E-state index < -0.39 is 6.10 Å². The van der Waals surface area contributed by atoms with Crippen molar-refractivity contribution in [3.8, 4) is 0 Å². The van der Waals surface area contributed by atoms with Crippen LogP contribution in [0.1, 0.15) is 44.2 Å². The number of aliphatic hydroxyl groups excluding tert-OH is 1. The molecule has 0 aliphatic carbocycles. The third-order valence-electron chi connectivity index (χ3n) is 5.78. The van der Waals surface area contributed by atoms with Gasteiger partial charge < -0.3 is 19.3 Å². The second-order valence-corrected chi connectivity index (χ2v) is 8.50. The number of benzene rings is 2. The Balaban J connectivity index is 1.70. The summed E-state index contributed by atoms with van der Waals surface area (Å²) in [6.45, 7) is 5.68. The van der Waals surface area contributed by atoms with E-state index >= 15 is 0 Å². The highest BCUT2D eigenvalue weighted by Gasteiger charge is 2.34. The molecule has 0 unspecified atom stereocenters. The summed E-state index contributed by atoms with van der Waals surface area (Å²) in [5, 5.41) is 10.7. The van der Waals surface area contributed by atoms with Gasteiger partial charge in [0, 0.05) is 0 Å². The van der Waals surface area contributed by atoms with Gasteiger partial charge in [-0.2, -0.15) is 0 Å². The van der Waals surface area contributed by atoms with Crippen LogP contribution in [0.3, 0.4) is 0 Å². The van der Waals surface area contributed by atoms with Crippen molar-refractivity contribution in [1.29, 1.82) is 0 Å². The lowest BCUT2D eigenvalue weighted by Crippen LogP contribution is -2.45. The van der Waals surface area contributed by atoms with E-state index in [-0.39, 0.29) is 18.3 Å². The first-order chi connectivity index (χ1) is 15.2. The van der Waals surface area contributed by atoms with Crippen molar-refractivity contribution in [2.24, 2.45) is 5.92 Å². The molecule has 4 nitrogen and oxygen atoms in total. The van der Waals surface area contributed by atoms with Crippen LogP contribution in [-0.4, -0.2) is 36.1 Å². The van der Waals surface area contributed by atoms with Crippen LogP contribution in [0.5, 0.6) is 0 Å². The Morgan fingerprint density at radius 2 is 1.58 bits per heavy atom. The Hall–Kier alpha value is -1.98. The van der Waals surface area contributed by atoms with Gasteiger partial charge in [-0.25, -0.2) is 0 Å². The third-order valence-corrected chi connectivity index (χ3v) is 5.78. The van der Waals surface area contributed by atoms with Gasteiger partial charge in [-0.15, -0.1) is 0 Å². The normalized spacial score (nSPS) is 27.1. The van der Waals surface area contributed by atoms with E-state index in [9.17, 15) is 5.11 Å². The Kier molecular flexibility index (Phi) is 9.76. The largest absolute Gasteiger partial charge is 0.390 e. The standard InChI is InChI=1S/C27H36O4/c1-3-4-15-25-24(28)16-21(2)17-26(30-19-23-13-9-6-10-14-23)27(31-25)20-29-18-22-11-7-5-8-12-22/h3-14,21,24-28H,15-20H2,1-2H3/b4-3+/t21-,24+,25-,26-,27+/m1/s1. The maximum atomic E-state index is 10.7. The molecule has 0 saturated carbocycles. The van der Waals surface area contributed by atoms with Gasteiger partial charge in [-0.05, 0) is 43.2 Å². The summed E-state index contributed by atoms with van der Waals surface area (Å²) in [6.07, 6.45) is 5.22. The van der Waals surface area contributed by atoms with Crippen molar-refractivity contribution < 1.29 is 19.3 Å². The molecule has 1 N–H and O–H groups in total. The molecule has 3 rings (SSSR count). The quantitative estimate of drug-likeness (QED) is 0.555. The van der Waals surface area contributed by atoms with Crippen LogP contribution in [0.25, 0.3) is 0 Å². The summed E-state index contributed by atoms with van der Waals surface area (Å²) in [6, 6.07) is 20.4. The van der Waals surface area contributed by atoms with Crippen LogP contribution in [-0.2, 0) is 27.4 Å². The summed E-state index contributed by atoms with van der Waals surface area (Å²) in [5.41, 5.74) is 2.28. The van der Waals surface area contributed by atoms with Crippen LogP contribution in [0.2, 0.25) is 0 Å². The third kappa shape index (κ3) is 7.89. The maximum absolute atomic E-state index is 10.7. The van der Waals surface area contributed by atoms with Crippen LogP contribution in [0, 0.1) is 5.92 Å². The van der Waals surface area contributed by atoms with E-state index in [0.29, 0.717) is 38.6 Å². The zero-order valence-corrected chi connectivity index (χ0v) is 18.7. The molecule has 1 aliphatic rings. The van der Waals surface area contributed by atoms with E-state index in [1.807, 2.05) is 49.4 Å². The van der Waals surface area contributed by atoms with E-state index in [1.165, 1.54) is 0 Å². The zero-order chi connectivity index (χ0) is 21.9. The molecule has 0 spiro atoms. The fourth-order valence-corrected chi connectivity index (χ4v) is 4.06. The summed E-state index contributed by atoms with van der Waals surface area (Å²) in [5.74, 6) is 0.337. The minimum absolute atomic E-state index is 0.0911. The minimum Gasteiger partial charge on any atom is -0.390 e. The van der Waals surface area contributed by atoms with Gasteiger partial charge in [0.15, 0.2) is 0 Å². The maximum Gasteiger partial charge on any atom is 0.107 e. The predicted octanol–water partition coefficient (Wildman–Crippen LogP) is 5.30. The van der Waals surface area contributed by atoms with Crippen molar-refractivity contribution in [3.63, 3.8) is 0 Å². The predicted molar refractivity (Wildman–Crippen MR) is 124 cm³/mol. The molecule has 2 aromatic carbocycles. The van der Waals surface area contributed by atoms with Crippen LogP contribution in [0.15, 0.2) is 72.8 Å². The first-order valence-corrected chi connectivity index (χ1v) is 11.4. The van der Waals surface area contributed by atoms with Gasteiger partial charge >= 0.3 is 0 Å². The lowest BCUT2D eigenvalue weighted by molar-refractivity contribution is -0.173. The van der Waals surface area contributed by atoms with Crippen LogP contribution >= 0.6 is 0 Å². The van der Waals surface area contributed by atoms with Crippen molar-refractivity contribution >= 4 is 0 Å². The van der Waals surface area contributed by atoms with Crippen molar-refractivity contribution in [3.05, 3.63) is 83.9 Å². The fraction of sp³-hybridized carbons (Fsp3) is 0.481. The van der Waals surface area contributed by atoms with E-state index in [0.717, 1.165) is 17.5 Å². The molecule has 168 valence electrons. The zero-order valence-electron chi connectivity index (χ0n) is 18.7. The molecule has 0 aromatic heterocycles. The second kappa shape index (κ2) is 12.8. The summed E-state index contributed by atoms with van der Waals surface area (Å²) in [4.78, 5) is 0. The smallest absolute Gasteiger partial charge is 0.107 e. The summed E-state index contributed by atoms with van der Waals surface area (Å²) < 4.78 is 18.9. The van der Waals surface area contributed by atoms with E-state index in [1.54, 1.807) is 0 Å². The van der Waals surface area contributed by atoms with Gasteiger partial charge in [-0.3, -0.25) is 0 Å². The molecule has 31 heavy (non-hydrogen) atoms. The average molecular weight is 425 g/mol. The highest BCUT2D eigenvalue weighted by atomic mass is 16.6. The Labute approximate surface area is 186 Å². The van der Waals surface area contributed by atoms with Crippen molar-refractivity contribution in [2.45, 2.75) is 70.7 Å². The van der Waals surface area contributed by atoms with Gasteiger partial charge in [0.05, 0.1) is 38.1 Å². The molecular weight excluding hydrogens is 388 g/mol. The lowest BCUT2D eigenvalue weighted by Gasteiger charge is -2.37. The van der Waals surface area contributed by atoms with Gasteiger partial charge in [0.25, 0.3) is 0 Å². The van der Waals surface area contributed by atoms with Crippen LogP contribution in [0.4, 0.5) is 0 Å². The van der Waals surface area contributed by atoms with E-state index in [2.05, 4.69) is 37.3 Å². The van der Waals surface area contributed by atoms with Gasteiger partial charge in [-0.1, -0.05) is 79.7 Å². The fourth-order valence-electron chi connectivity index (χ4n) is 4.06. The van der Waals surface area contributed by atoms with Gasteiger partial charge in [0.1, 0.15) is 6.10 Å². The second-order valence-electron chi connectivity index (χ2n) is 8.50.